The van der Waals surface area contributed by atoms with Crippen LogP contribution in [0.2, 0.25) is 5.02 Å². The number of thioether (sulfide) groups is 1. The summed E-state index contributed by atoms with van der Waals surface area (Å²) in [6.45, 7) is 4.09. The number of aromatic nitrogens is 1. The van der Waals surface area contributed by atoms with Crippen LogP contribution in [0.1, 0.15) is 24.6 Å². The van der Waals surface area contributed by atoms with Crippen LogP contribution in [0.3, 0.4) is 0 Å². The Labute approximate surface area is 123 Å². The van der Waals surface area contributed by atoms with Crippen LogP contribution in [-0.4, -0.2) is 16.8 Å². The second-order valence-corrected chi connectivity index (χ2v) is 6.32. The van der Waals surface area contributed by atoms with E-state index in [1.165, 1.54) is 0 Å². The van der Waals surface area contributed by atoms with E-state index in [9.17, 15) is 0 Å². The predicted molar refractivity (Wildman–Crippen MR) is 85.9 cm³/mol. The molecule has 0 aliphatic heterocycles. The first-order valence-corrected chi connectivity index (χ1v) is 8.00. The molecule has 4 heteroatoms. The Balaban J connectivity index is 2.17. The Hall–Kier alpha value is -0.770. The molecule has 19 heavy (non-hydrogen) atoms. The molecule has 0 aliphatic carbocycles. The second kappa shape index (κ2) is 6.60. The van der Waals surface area contributed by atoms with Crippen molar-refractivity contribution in [1.82, 2.24) is 4.98 Å². The number of hydrogen-bond acceptors (Lipinski definition) is 3. The van der Waals surface area contributed by atoms with E-state index in [1.54, 1.807) is 0 Å². The Morgan fingerprint density at radius 2 is 2.11 bits per heavy atom. The highest BCUT2D eigenvalue weighted by molar-refractivity contribution is 7.98. The molecule has 0 radical (unpaired) electrons. The summed E-state index contributed by atoms with van der Waals surface area (Å²) < 4.78 is 0. The number of pyridine rings is 1. The number of nitrogens with zero attached hydrogens (tertiary/aromatic N) is 1. The maximum atomic E-state index is 6.41. The van der Waals surface area contributed by atoms with Crippen molar-refractivity contribution in [3.05, 3.63) is 40.5 Å². The number of nitrogens with two attached hydrogens (primary N) is 1. The molecule has 2 N–H and O–H groups in total. The fourth-order valence-corrected chi connectivity index (χ4v) is 3.33. The van der Waals surface area contributed by atoms with Crippen molar-refractivity contribution < 1.29 is 0 Å². The maximum Gasteiger partial charge on any atom is 0.0709 e. The van der Waals surface area contributed by atoms with Crippen molar-refractivity contribution in [1.29, 1.82) is 0 Å². The SMILES string of the molecule is Cc1c(Cl)c(CSCCC(C)N)nc2ccccc12. The van der Waals surface area contributed by atoms with Crippen LogP contribution in [0, 0.1) is 6.92 Å². The summed E-state index contributed by atoms with van der Waals surface area (Å²) >= 11 is 8.25. The number of benzene rings is 1. The molecular weight excluding hydrogens is 276 g/mol. The van der Waals surface area contributed by atoms with Gasteiger partial charge < -0.3 is 5.73 Å². The van der Waals surface area contributed by atoms with Gasteiger partial charge in [0.15, 0.2) is 0 Å². The van der Waals surface area contributed by atoms with Gasteiger partial charge >= 0.3 is 0 Å². The third-order valence-corrected chi connectivity index (χ3v) is 4.61. The van der Waals surface area contributed by atoms with E-state index in [1.807, 2.05) is 36.9 Å². The van der Waals surface area contributed by atoms with Gasteiger partial charge in [-0.1, -0.05) is 29.8 Å². The molecule has 2 aromatic rings. The van der Waals surface area contributed by atoms with Crippen LogP contribution >= 0.6 is 23.4 Å². The molecule has 2 rings (SSSR count). The Bertz CT molecular complexity index is 569. The summed E-state index contributed by atoms with van der Waals surface area (Å²) in [7, 11) is 0. The molecule has 0 spiro atoms. The molecular formula is C15H19ClN2S. The average Bonchev–Trinajstić information content (AvgIpc) is 2.40. The highest BCUT2D eigenvalue weighted by Crippen LogP contribution is 2.29. The molecule has 0 bridgehead atoms. The van der Waals surface area contributed by atoms with Crippen LogP contribution in [0.5, 0.6) is 0 Å². The first kappa shape index (κ1) is 14.6. The fourth-order valence-electron chi connectivity index (χ4n) is 1.95. The largest absolute Gasteiger partial charge is 0.328 e. The van der Waals surface area contributed by atoms with Crippen molar-refractivity contribution in [2.45, 2.75) is 32.1 Å². The van der Waals surface area contributed by atoms with Gasteiger partial charge in [0, 0.05) is 17.2 Å². The topological polar surface area (TPSA) is 38.9 Å². The van der Waals surface area contributed by atoms with E-state index in [0.717, 1.165) is 45.1 Å². The zero-order chi connectivity index (χ0) is 13.8. The van der Waals surface area contributed by atoms with Crippen molar-refractivity contribution in [2.24, 2.45) is 5.73 Å². The van der Waals surface area contributed by atoms with E-state index in [0.29, 0.717) is 0 Å². The number of rotatable bonds is 5. The van der Waals surface area contributed by atoms with Crippen LogP contribution in [0.25, 0.3) is 10.9 Å². The summed E-state index contributed by atoms with van der Waals surface area (Å²) in [5, 5.41) is 1.93. The summed E-state index contributed by atoms with van der Waals surface area (Å²) in [5.41, 5.74) is 8.87. The highest BCUT2D eigenvalue weighted by atomic mass is 35.5. The van der Waals surface area contributed by atoms with Gasteiger partial charge in [-0.05, 0) is 37.7 Å². The zero-order valence-electron chi connectivity index (χ0n) is 11.3. The highest BCUT2D eigenvalue weighted by Gasteiger charge is 2.10. The summed E-state index contributed by atoms with van der Waals surface area (Å²) in [6.07, 6.45) is 1.02. The van der Waals surface area contributed by atoms with Crippen LogP contribution in [-0.2, 0) is 5.75 Å². The third kappa shape index (κ3) is 3.62. The van der Waals surface area contributed by atoms with Crippen LogP contribution in [0.4, 0.5) is 0 Å². The smallest absolute Gasteiger partial charge is 0.0709 e. The molecule has 0 saturated heterocycles. The molecule has 0 amide bonds. The Morgan fingerprint density at radius 1 is 1.37 bits per heavy atom. The minimum atomic E-state index is 0.259. The summed E-state index contributed by atoms with van der Waals surface area (Å²) in [5.74, 6) is 1.89. The Kier molecular flexibility index (Phi) is 5.08. The average molecular weight is 295 g/mol. The van der Waals surface area contributed by atoms with Gasteiger partial charge in [0.1, 0.15) is 0 Å². The minimum absolute atomic E-state index is 0.259. The zero-order valence-corrected chi connectivity index (χ0v) is 12.9. The lowest BCUT2D eigenvalue weighted by Gasteiger charge is -2.10. The maximum absolute atomic E-state index is 6.41. The van der Waals surface area contributed by atoms with Gasteiger partial charge in [0.2, 0.25) is 0 Å². The number of hydrogen-bond donors (Lipinski definition) is 1. The van der Waals surface area contributed by atoms with Gasteiger partial charge in [0.05, 0.1) is 16.2 Å². The van der Waals surface area contributed by atoms with Crippen molar-refractivity contribution >= 4 is 34.3 Å². The summed E-state index contributed by atoms with van der Waals surface area (Å²) in [4.78, 5) is 4.67. The molecule has 1 aromatic heterocycles. The van der Waals surface area contributed by atoms with Gasteiger partial charge in [-0.3, -0.25) is 4.98 Å². The fraction of sp³-hybridized carbons (Fsp3) is 0.400. The molecule has 102 valence electrons. The van der Waals surface area contributed by atoms with E-state index < -0.39 is 0 Å². The number of para-hydroxylation sites is 1. The van der Waals surface area contributed by atoms with Crippen molar-refractivity contribution in [3.63, 3.8) is 0 Å². The van der Waals surface area contributed by atoms with Gasteiger partial charge in [-0.2, -0.15) is 11.8 Å². The van der Waals surface area contributed by atoms with E-state index in [4.69, 9.17) is 17.3 Å². The second-order valence-electron chi connectivity index (χ2n) is 4.83. The van der Waals surface area contributed by atoms with Gasteiger partial charge in [-0.25, -0.2) is 0 Å². The summed E-state index contributed by atoms with van der Waals surface area (Å²) in [6, 6.07) is 8.39. The first-order chi connectivity index (χ1) is 9.09. The monoisotopic (exact) mass is 294 g/mol. The van der Waals surface area contributed by atoms with E-state index in [2.05, 4.69) is 18.0 Å². The standard InChI is InChI=1S/C15H19ClN2S/c1-10(17)7-8-19-9-14-15(16)11(2)12-5-3-4-6-13(12)18-14/h3-6,10H,7-9,17H2,1-2H3. The minimum Gasteiger partial charge on any atom is -0.328 e. The van der Waals surface area contributed by atoms with E-state index in [-0.39, 0.29) is 6.04 Å². The molecule has 1 aromatic carbocycles. The predicted octanol–water partition coefficient (Wildman–Crippen LogP) is 4.17. The molecule has 0 saturated carbocycles. The molecule has 1 heterocycles. The molecule has 1 atom stereocenters. The lowest BCUT2D eigenvalue weighted by molar-refractivity contribution is 0.721. The molecule has 2 nitrogen and oxygen atoms in total. The Morgan fingerprint density at radius 3 is 2.84 bits per heavy atom. The van der Waals surface area contributed by atoms with Gasteiger partial charge in [0.25, 0.3) is 0 Å². The first-order valence-electron chi connectivity index (χ1n) is 6.46. The number of halogens is 1. The normalized spacial score (nSPS) is 12.8. The van der Waals surface area contributed by atoms with Crippen molar-refractivity contribution in [3.8, 4) is 0 Å². The lowest BCUT2D eigenvalue weighted by Crippen LogP contribution is -2.15. The van der Waals surface area contributed by atoms with Gasteiger partial charge in [-0.15, -0.1) is 0 Å². The van der Waals surface area contributed by atoms with E-state index >= 15 is 0 Å². The number of fused-ring (bicyclic) bond motifs is 1. The van der Waals surface area contributed by atoms with Crippen LogP contribution in [0.15, 0.2) is 24.3 Å². The number of aryl methyl sites for hydroxylation is 1. The molecule has 0 aliphatic rings. The van der Waals surface area contributed by atoms with Crippen molar-refractivity contribution in [2.75, 3.05) is 5.75 Å². The molecule has 0 fully saturated rings. The lowest BCUT2D eigenvalue weighted by atomic mass is 10.1. The quantitative estimate of drug-likeness (QED) is 0.841. The molecule has 1 unspecified atom stereocenters. The third-order valence-electron chi connectivity index (χ3n) is 3.10. The van der Waals surface area contributed by atoms with Crippen LogP contribution < -0.4 is 5.73 Å².